The van der Waals surface area contributed by atoms with Crippen molar-refractivity contribution < 1.29 is 35.9 Å². The minimum atomic E-state index is -4.71. The predicted molar refractivity (Wildman–Crippen MR) is 146 cm³/mol. The zero-order valence-corrected chi connectivity index (χ0v) is 23.2. The Bertz CT molecular complexity index is 1610. The van der Waals surface area contributed by atoms with Gasteiger partial charge >= 0.3 is 6.18 Å². The Morgan fingerprint density at radius 3 is 2.28 bits per heavy atom. The van der Waals surface area contributed by atoms with Crippen molar-refractivity contribution >= 4 is 11.7 Å². The SMILES string of the molecule is CC(C)CC(C(=O)C[C@@H](Cc1cc(F)cc(F)c1)c1ncccc1-c1ccc(F)c(C(N)=O)c1)n1ccc(C(F)(F)F)n1. The molecule has 0 fully saturated rings. The van der Waals surface area contributed by atoms with Gasteiger partial charge in [-0.05, 0) is 66.3 Å². The van der Waals surface area contributed by atoms with Gasteiger partial charge in [0.15, 0.2) is 11.5 Å². The Hall–Kier alpha value is -4.48. The lowest BCUT2D eigenvalue weighted by Gasteiger charge is -2.24. The summed E-state index contributed by atoms with van der Waals surface area (Å²) in [6, 6.07) is 9.54. The van der Waals surface area contributed by atoms with E-state index in [1.54, 1.807) is 12.1 Å². The number of primary amides is 1. The first kappa shape index (κ1) is 31.5. The van der Waals surface area contributed by atoms with Crippen molar-refractivity contribution in [3.8, 4) is 11.1 Å². The van der Waals surface area contributed by atoms with Crippen molar-refractivity contribution in [2.45, 2.75) is 51.2 Å². The van der Waals surface area contributed by atoms with E-state index in [0.717, 1.165) is 35.1 Å². The second-order valence-corrected chi connectivity index (χ2v) is 10.7. The molecule has 2 heterocycles. The van der Waals surface area contributed by atoms with E-state index in [4.69, 9.17) is 5.73 Å². The average molecular weight is 603 g/mol. The van der Waals surface area contributed by atoms with Gasteiger partial charge in [-0.25, -0.2) is 13.2 Å². The van der Waals surface area contributed by atoms with Crippen LogP contribution >= 0.6 is 0 Å². The van der Waals surface area contributed by atoms with Crippen LogP contribution in [0.2, 0.25) is 0 Å². The molecule has 4 rings (SSSR count). The normalized spacial score (nSPS) is 13.2. The lowest BCUT2D eigenvalue weighted by atomic mass is 9.84. The predicted octanol–water partition coefficient (Wildman–Crippen LogP) is 7.05. The number of alkyl halides is 3. The Morgan fingerprint density at radius 1 is 0.977 bits per heavy atom. The van der Waals surface area contributed by atoms with Gasteiger partial charge in [-0.1, -0.05) is 26.0 Å². The van der Waals surface area contributed by atoms with Gasteiger partial charge in [0.25, 0.3) is 5.91 Å². The maximum atomic E-state index is 14.2. The quantitative estimate of drug-likeness (QED) is 0.186. The van der Waals surface area contributed by atoms with Gasteiger partial charge in [0.2, 0.25) is 0 Å². The van der Waals surface area contributed by atoms with E-state index < -0.39 is 53.0 Å². The molecular weight excluding hydrogens is 574 g/mol. The number of pyridine rings is 1. The van der Waals surface area contributed by atoms with Gasteiger partial charge < -0.3 is 5.73 Å². The van der Waals surface area contributed by atoms with Crippen LogP contribution in [0.5, 0.6) is 0 Å². The number of Topliss-reactive ketones (excluding diaryl/α,β-unsaturated/α-hetero) is 1. The monoisotopic (exact) mass is 602 g/mol. The molecule has 2 aromatic carbocycles. The molecule has 1 amide bonds. The summed E-state index contributed by atoms with van der Waals surface area (Å²) in [7, 11) is 0. The van der Waals surface area contributed by atoms with Gasteiger partial charge in [0.05, 0.1) is 11.3 Å². The van der Waals surface area contributed by atoms with Gasteiger partial charge in [-0.15, -0.1) is 0 Å². The minimum absolute atomic E-state index is 0.0738. The first-order valence-corrected chi connectivity index (χ1v) is 13.4. The fourth-order valence-corrected chi connectivity index (χ4v) is 5.02. The Balaban J connectivity index is 1.80. The highest BCUT2D eigenvalue weighted by atomic mass is 19.4. The molecule has 2 N–H and O–H groups in total. The van der Waals surface area contributed by atoms with Crippen molar-refractivity contribution in [2.75, 3.05) is 0 Å². The van der Waals surface area contributed by atoms with Crippen LogP contribution in [-0.4, -0.2) is 26.5 Å². The molecule has 1 unspecified atom stereocenters. The van der Waals surface area contributed by atoms with Crippen LogP contribution in [-0.2, 0) is 17.4 Å². The van der Waals surface area contributed by atoms with E-state index in [1.165, 1.54) is 18.3 Å². The van der Waals surface area contributed by atoms with E-state index >= 15 is 0 Å². The maximum absolute atomic E-state index is 14.2. The molecule has 2 atom stereocenters. The summed E-state index contributed by atoms with van der Waals surface area (Å²) in [5.41, 5.74) is 5.06. The maximum Gasteiger partial charge on any atom is 0.435 e. The lowest BCUT2D eigenvalue weighted by Crippen LogP contribution is -2.25. The smallest absolute Gasteiger partial charge is 0.366 e. The van der Waals surface area contributed by atoms with Crippen molar-refractivity contribution in [1.29, 1.82) is 0 Å². The minimum Gasteiger partial charge on any atom is -0.366 e. The van der Waals surface area contributed by atoms with Gasteiger partial charge in [0.1, 0.15) is 23.5 Å². The number of nitrogens with zero attached hydrogens (tertiary/aromatic N) is 3. The zero-order valence-electron chi connectivity index (χ0n) is 23.2. The molecular formula is C31H28F6N4O2. The molecule has 0 aliphatic carbocycles. The molecule has 0 spiro atoms. The molecule has 12 heteroatoms. The molecule has 0 aliphatic rings. The van der Waals surface area contributed by atoms with Crippen LogP contribution in [0.15, 0.2) is 67.0 Å². The average Bonchev–Trinajstić information content (AvgIpc) is 3.42. The molecule has 0 aliphatic heterocycles. The Labute approximate surface area is 243 Å². The number of halogens is 6. The molecule has 2 aromatic heterocycles. The molecule has 43 heavy (non-hydrogen) atoms. The summed E-state index contributed by atoms with van der Waals surface area (Å²) in [4.78, 5) is 30.1. The number of ketones is 1. The van der Waals surface area contributed by atoms with Crippen molar-refractivity contribution in [1.82, 2.24) is 14.8 Å². The van der Waals surface area contributed by atoms with Crippen LogP contribution in [0.25, 0.3) is 11.1 Å². The summed E-state index contributed by atoms with van der Waals surface area (Å²) in [5, 5.41) is 3.62. The van der Waals surface area contributed by atoms with Gasteiger partial charge in [0, 0.05) is 36.4 Å². The van der Waals surface area contributed by atoms with E-state index in [1.807, 2.05) is 13.8 Å². The number of aromatic nitrogens is 3. The molecule has 0 saturated carbocycles. The summed E-state index contributed by atoms with van der Waals surface area (Å²) < 4.78 is 83.4. The third-order valence-electron chi connectivity index (χ3n) is 6.90. The Kier molecular flexibility index (Phi) is 9.37. The van der Waals surface area contributed by atoms with Crippen molar-refractivity contribution in [2.24, 2.45) is 11.7 Å². The largest absolute Gasteiger partial charge is 0.435 e. The molecule has 0 saturated heterocycles. The van der Waals surface area contributed by atoms with E-state index in [2.05, 4.69) is 10.1 Å². The summed E-state index contributed by atoms with van der Waals surface area (Å²) in [6.07, 6.45) is -2.35. The molecule has 0 radical (unpaired) electrons. The highest BCUT2D eigenvalue weighted by Crippen LogP contribution is 2.36. The number of benzene rings is 2. The number of nitrogens with two attached hydrogens (primary N) is 1. The van der Waals surface area contributed by atoms with Crippen molar-refractivity contribution in [3.63, 3.8) is 0 Å². The molecule has 4 aromatic rings. The number of amides is 1. The number of rotatable bonds is 11. The fourth-order valence-electron chi connectivity index (χ4n) is 5.02. The third kappa shape index (κ3) is 7.68. The number of hydrogen-bond donors (Lipinski definition) is 1. The number of carbonyl (C=O) groups is 2. The first-order valence-electron chi connectivity index (χ1n) is 13.4. The Morgan fingerprint density at radius 2 is 1.67 bits per heavy atom. The molecule has 226 valence electrons. The van der Waals surface area contributed by atoms with Crippen molar-refractivity contribution in [3.05, 3.63) is 107 Å². The molecule has 0 bridgehead atoms. The van der Waals surface area contributed by atoms with Gasteiger partial charge in [-0.3, -0.25) is 19.3 Å². The lowest BCUT2D eigenvalue weighted by molar-refractivity contribution is -0.142. The van der Waals surface area contributed by atoms with Crippen LogP contribution in [0.3, 0.4) is 0 Å². The molecule has 6 nitrogen and oxygen atoms in total. The van der Waals surface area contributed by atoms with Crippen LogP contribution in [0, 0.1) is 23.4 Å². The third-order valence-corrected chi connectivity index (χ3v) is 6.90. The summed E-state index contributed by atoms with van der Waals surface area (Å²) >= 11 is 0. The standard InChI is InChI=1S/C31H28F6N4O2/c1-17(2)10-26(41-9-7-28(40-41)31(35,36)37)27(42)15-20(11-18-12-21(32)16-22(33)13-18)29-23(4-3-8-39-29)19-5-6-25(34)24(14-19)30(38)43/h3-9,12-14,16-17,20,26H,10-11,15H2,1-2H3,(H2,38,43)/t20-,26?/m1/s1. The second-order valence-electron chi connectivity index (χ2n) is 10.7. The summed E-state index contributed by atoms with van der Waals surface area (Å²) in [5.74, 6) is -4.90. The topological polar surface area (TPSA) is 90.9 Å². The van der Waals surface area contributed by atoms with E-state index in [9.17, 15) is 35.9 Å². The summed E-state index contributed by atoms with van der Waals surface area (Å²) in [6.45, 7) is 3.62. The number of carbonyl (C=O) groups excluding carboxylic acids is 2. The first-order chi connectivity index (χ1) is 20.2. The van der Waals surface area contributed by atoms with Crippen LogP contribution in [0.4, 0.5) is 26.3 Å². The second kappa shape index (κ2) is 12.8. The van der Waals surface area contributed by atoms with E-state index in [0.29, 0.717) is 22.9 Å². The van der Waals surface area contributed by atoms with E-state index in [-0.39, 0.29) is 36.3 Å². The van der Waals surface area contributed by atoms with Gasteiger partial charge in [-0.2, -0.15) is 18.3 Å². The zero-order chi connectivity index (χ0) is 31.5. The van der Waals surface area contributed by atoms with Crippen LogP contribution < -0.4 is 5.73 Å². The highest BCUT2D eigenvalue weighted by Gasteiger charge is 2.35. The number of hydrogen-bond acceptors (Lipinski definition) is 4. The fraction of sp³-hybridized carbons (Fsp3) is 0.290. The highest BCUT2D eigenvalue weighted by molar-refractivity contribution is 5.94. The van der Waals surface area contributed by atoms with Crippen LogP contribution in [0.1, 0.15) is 66.0 Å².